The molecule has 5 atom stereocenters. The molecule has 1 spiro atoms. The summed E-state index contributed by atoms with van der Waals surface area (Å²) in [6, 6.07) is 8.58. The fraction of sp³-hybridized carbons (Fsp3) is 0.708. The van der Waals surface area contributed by atoms with Crippen LogP contribution in [0, 0.1) is 22.7 Å². The fourth-order valence-electron chi connectivity index (χ4n) is 6.38. The molecule has 1 aromatic rings. The van der Waals surface area contributed by atoms with Crippen LogP contribution in [0.3, 0.4) is 0 Å². The van der Waals surface area contributed by atoms with Crippen LogP contribution in [-0.4, -0.2) is 38.9 Å². The van der Waals surface area contributed by atoms with Crippen molar-refractivity contribution in [3.8, 4) is 5.75 Å². The number of benzene rings is 1. The van der Waals surface area contributed by atoms with Crippen molar-refractivity contribution in [2.75, 3.05) is 26.9 Å². The second kappa shape index (κ2) is 7.92. The zero-order valence-corrected chi connectivity index (χ0v) is 18.2. The zero-order valence-electron chi connectivity index (χ0n) is 18.2. The van der Waals surface area contributed by atoms with Gasteiger partial charge in [0, 0.05) is 26.2 Å². The van der Waals surface area contributed by atoms with Crippen molar-refractivity contribution in [2.24, 2.45) is 22.7 Å². The molecule has 1 aliphatic heterocycles. The van der Waals surface area contributed by atoms with Crippen LogP contribution in [-0.2, 0) is 14.3 Å². The molecular weight excluding hydrogens is 366 g/mol. The molecule has 0 unspecified atom stereocenters. The number of ether oxygens (including phenoxy) is 3. The van der Waals surface area contributed by atoms with Gasteiger partial charge >= 0.3 is 0 Å². The summed E-state index contributed by atoms with van der Waals surface area (Å²) >= 11 is 0. The van der Waals surface area contributed by atoms with Gasteiger partial charge in [-0.15, -0.1) is 0 Å². The molecule has 160 valence electrons. The highest BCUT2D eigenvalue weighted by atomic mass is 16.5. The average Bonchev–Trinajstić information content (AvgIpc) is 3.21. The summed E-state index contributed by atoms with van der Waals surface area (Å²) in [4.78, 5) is 12.3. The minimum atomic E-state index is 0.0962. The molecule has 1 saturated heterocycles. The van der Waals surface area contributed by atoms with Crippen LogP contribution >= 0.6 is 0 Å². The van der Waals surface area contributed by atoms with Crippen molar-refractivity contribution in [1.82, 2.24) is 5.32 Å². The van der Waals surface area contributed by atoms with Gasteiger partial charge in [0.15, 0.2) is 0 Å². The Kier molecular flexibility index (Phi) is 5.64. The van der Waals surface area contributed by atoms with E-state index in [2.05, 4.69) is 31.3 Å². The minimum absolute atomic E-state index is 0.0962. The maximum Gasteiger partial charge on any atom is 0.219 e. The second-order valence-electron chi connectivity index (χ2n) is 9.60. The lowest BCUT2D eigenvalue weighted by Gasteiger charge is -2.53. The lowest BCUT2D eigenvalue weighted by Crippen LogP contribution is -2.58. The number of rotatable bonds is 7. The predicted octanol–water partition coefficient (Wildman–Crippen LogP) is 4.12. The highest BCUT2D eigenvalue weighted by Gasteiger charge is 2.68. The van der Waals surface area contributed by atoms with Gasteiger partial charge in [0.25, 0.3) is 0 Å². The molecule has 5 heteroatoms. The number of carbonyl (C=O) groups excluding carboxylic acids is 1. The molecule has 0 radical (unpaired) electrons. The lowest BCUT2D eigenvalue weighted by molar-refractivity contribution is -0.137. The highest BCUT2D eigenvalue weighted by molar-refractivity contribution is 5.76. The van der Waals surface area contributed by atoms with Gasteiger partial charge in [0.2, 0.25) is 5.91 Å². The number of fused-ring (bicyclic) bond motifs is 1. The summed E-state index contributed by atoms with van der Waals surface area (Å²) in [5.41, 5.74) is 1.51. The maximum atomic E-state index is 12.3. The van der Waals surface area contributed by atoms with Gasteiger partial charge in [-0.3, -0.25) is 4.79 Å². The average molecular weight is 402 g/mol. The Bertz CT molecular complexity index is 731. The van der Waals surface area contributed by atoms with Gasteiger partial charge in [0.05, 0.1) is 12.7 Å². The van der Waals surface area contributed by atoms with Gasteiger partial charge in [-0.1, -0.05) is 32.9 Å². The highest BCUT2D eigenvalue weighted by Crippen LogP contribution is 2.70. The first-order valence-electron chi connectivity index (χ1n) is 11.0. The van der Waals surface area contributed by atoms with Crippen molar-refractivity contribution in [2.45, 2.75) is 58.6 Å². The normalized spacial score (nSPS) is 34.6. The summed E-state index contributed by atoms with van der Waals surface area (Å²) in [7, 11) is 1.68. The Labute approximate surface area is 174 Å². The van der Waals surface area contributed by atoms with Gasteiger partial charge in [-0.25, -0.2) is 0 Å². The van der Waals surface area contributed by atoms with Crippen molar-refractivity contribution >= 4 is 5.91 Å². The van der Waals surface area contributed by atoms with Gasteiger partial charge < -0.3 is 19.5 Å². The van der Waals surface area contributed by atoms with Gasteiger partial charge in [-0.05, 0) is 59.6 Å². The Balaban J connectivity index is 1.55. The van der Waals surface area contributed by atoms with E-state index in [1.807, 2.05) is 19.1 Å². The molecule has 4 rings (SSSR count). The first-order valence-corrected chi connectivity index (χ1v) is 11.0. The fourth-order valence-corrected chi connectivity index (χ4v) is 6.38. The first-order chi connectivity index (χ1) is 13.9. The summed E-state index contributed by atoms with van der Waals surface area (Å²) in [6.07, 6.45) is 4.07. The van der Waals surface area contributed by atoms with Crippen LogP contribution in [0.2, 0.25) is 0 Å². The van der Waals surface area contributed by atoms with E-state index in [0.29, 0.717) is 31.5 Å². The number of nitrogens with one attached hydrogen (secondary N) is 1. The summed E-state index contributed by atoms with van der Waals surface area (Å²) < 4.78 is 17.1. The summed E-state index contributed by atoms with van der Waals surface area (Å²) in [5, 5.41) is 3.42. The molecule has 0 aromatic heterocycles. The van der Waals surface area contributed by atoms with E-state index in [1.165, 1.54) is 18.4 Å². The number of methoxy groups -OCH3 is 1. The molecule has 5 nitrogen and oxygen atoms in total. The Hall–Kier alpha value is -1.59. The van der Waals surface area contributed by atoms with Crippen LogP contribution < -0.4 is 10.1 Å². The Morgan fingerprint density at radius 2 is 2.00 bits per heavy atom. The van der Waals surface area contributed by atoms with Gasteiger partial charge in [-0.2, -0.15) is 0 Å². The Morgan fingerprint density at radius 3 is 2.69 bits per heavy atom. The molecule has 29 heavy (non-hydrogen) atoms. The third-order valence-corrected chi connectivity index (χ3v) is 7.90. The van der Waals surface area contributed by atoms with E-state index in [1.54, 1.807) is 7.11 Å². The standard InChI is InChI=1S/C24H35NO4/c1-5-20(26)25-22-23(2,3)17-14-19-21(29-11-10-24(19,22)15-17)16-6-8-18(9-7-16)28-13-12-27-4/h6-9,17,19,21-22H,5,10-15H2,1-4H3,(H,25,26)/t17-,19-,21-,22-,24-/m1/s1. The van der Waals surface area contributed by atoms with E-state index in [9.17, 15) is 4.79 Å². The van der Waals surface area contributed by atoms with Crippen molar-refractivity contribution in [1.29, 1.82) is 0 Å². The van der Waals surface area contributed by atoms with Crippen LogP contribution in [0.25, 0.3) is 0 Å². The molecule has 2 saturated carbocycles. The first kappa shape index (κ1) is 20.7. The number of hydrogen-bond acceptors (Lipinski definition) is 4. The molecule has 3 fully saturated rings. The molecule has 1 N–H and O–H groups in total. The number of carbonyl (C=O) groups is 1. The van der Waals surface area contributed by atoms with Crippen LogP contribution in [0.4, 0.5) is 0 Å². The molecule has 1 heterocycles. The van der Waals surface area contributed by atoms with E-state index >= 15 is 0 Å². The SMILES string of the molecule is CCC(=O)N[C@@H]1C(C)(C)[C@@H]2C[C@@H]3[C@@H](c4ccc(OCCOC)cc4)OCC[C@@]31C2. The van der Waals surface area contributed by atoms with E-state index in [4.69, 9.17) is 14.2 Å². The van der Waals surface area contributed by atoms with Crippen LogP contribution in [0.15, 0.2) is 24.3 Å². The van der Waals surface area contributed by atoms with Crippen LogP contribution in [0.5, 0.6) is 5.75 Å². The molecule has 1 amide bonds. The maximum absolute atomic E-state index is 12.3. The lowest BCUT2D eigenvalue weighted by atomic mass is 9.59. The molecule has 3 aliphatic rings. The third-order valence-electron chi connectivity index (χ3n) is 7.90. The zero-order chi connectivity index (χ0) is 20.6. The van der Waals surface area contributed by atoms with Crippen molar-refractivity contribution in [3.63, 3.8) is 0 Å². The number of amides is 1. The molecule has 1 aromatic carbocycles. The van der Waals surface area contributed by atoms with E-state index in [-0.39, 0.29) is 28.9 Å². The Morgan fingerprint density at radius 1 is 1.24 bits per heavy atom. The minimum Gasteiger partial charge on any atom is -0.491 e. The molecule has 2 aliphatic carbocycles. The van der Waals surface area contributed by atoms with E-state index < -0.39 is 0 Å². The van der Waals surface area contributed by atoms with Crippen LogP contribution in [0.1, 0.15) is 58.1 Å². The van der Waals surface area contributed by atoms with E-state index in [0.717, 1.165) is 18.8 Å². The third kappa shape index (κ3) is 3.46. The number of hydrogen-bond donors (Lipinski definition) is 1. The summed E-state index contributed by atoms with van der Waals surface area (Å²) in [5.74, 6) is 2.12. The van der Waals surface area contributed by atoms with Gasteiger partial charge in [0.1, 0.15) is 12.4 Å². The van der Waals surface area contributed by atoms with Crippen molar-refractivity contribution in [3.05, 3.63) is 29.8 Å². The van der Waals surface area contributed by atoms with Crippen molar-refractivity contribution < 1.29 is 19.0 Å². The smallest absolute Gasteiger partial charge is 0.219 e. The summed E-state index contributed by atoms with van der Waals surface area (Å²) in [6.45, 7) is 8.53. The quantitative estimate of drug-likeness (QED) is 0.698. The largest absolute Gasteiger partial charge is 0.491 e. The molecule has 2 bridgehead atoms. The topological polar surface area (TPSA) is 56.8 Å². The second-order valence-corrected chi connectivity index (χ2v) is 9.60. The monoisotopic (exact) mass is 401 g/mol. The predicted molar refractivity (Wildman–Crippen MR) is 112 cm³/mol. The molecular formula is C24H35NO4.